The highest BCUT2D eigenvalue weighted by Crippen LogP contribution is 2.33. The number of fused-ring (bicyclic) bond motifs is 1. The molecule has 0 saturated heterocycles. The molecule has 3 aromatic rings. The molecule has 0 fully saturated rings. The van der Waals surface area contributed by atoms with Crippen molar-refractivity contribution in [3.8, 4) is 5.75 Å². The van der Waals surface area contributed by atoms with Crippen LogP contribution in [0.15, 0.2) is 53.7 Å². The van der Waals surface area contributed by atoms with Crippen LogP contribution in [-0.4, -0.2) is 23.7 Å². The fourth-order valence-electron chi connectivity index (χ4n) is 2.64. The van der Waals surface area contributed by atoms with Crippen LogP contribution in [0.2, 0.25) is 0 Å². The third-order valence-electron chi connectivity index (χ3n) is 3.78. The standard InChI is InChI=1S/C18H14F3IN2O/c1-11-10-24(14-8-4-3-6-12(11)14)17(18(19,20)21)23-13-7-5-9-15(25-2)16(13)22/h3-10H,1-2H3. The first kappa shape index (κ1) is 17.8. The molecule has 0 N–H and O–H groups in total. The molecule has 0 radical (unpaired) electrons. The van der Waals surface area contributed by atoms with Crippen molar-refractivity contribution in [2.75, 3.05) is 7.11 Å². The lowest BCUT2D eigenvalue weighted by Crippen LogP contribution is -2.29. The molecule has 2 aromatic carbocycles. The molecule has 0 aliphatic carbocycles. The first-order valence-electron chi connectivity index (χ1n) is 7.38. The van der Waals surface area contributed by atoms with Gasteiger partial charge in [0.15, 0.2) is 0 Å². The molecular weight excluding hydrogens is 444 g/mol. The maximum atomic E-state index is 13.8. The van der Waals surface area contributed by atoms with Gasteiger partial charge in [0.2, 0.25) is 5.84 Å². The molecular formula is C18H14F3IN2O. The number of ether oxygens (including phenoxy) is 1. The predicted molar refractivity (Wildman–Crippen MR) is 101 cm³/mol. The largest absolute Gasteiger partial charge is 0.496 e. The molecule has 1 aromatic heterocycles. The zero-order valence-electron chi connectivity index (χ0n) is 13.4. The van der Waals surface area contributed by atoms with E-state index in [0.29, 0.717) is 14.8 Å². The topological polar surface area (TPSA) is 26.5 Å². The molecule has 0 saturated carbocycles. The Balaban J connectivity index is 2.26. The number of rotatable bonds is 2. The number of hydrogen-bond donors (Lipinski definition) is 0. The molecule has 0 aliphatic rings. The highest BCUT2D eigenvalue weighted by Gasteiger charge is 2.38. The third-order valence-corrected chi connectivity index (χ3v) is 4.87. The number of alkyl halides is 3. The van der Waals surface area contributed by atoms with Crippen LogP contribution in [0, 0.1) is 10.5 Å². The lowest BCUT2D eigenvalue weighted by molar-refractivity contribution is -0.0613. The number of aromatic nitrogens is 1. The molecule has 0 bridgehead atoms. The van der Waals surface area contributed by atoms with Gasteiger partial charge < -0.3 is 4.74 Å². The number of hydrogen-bond acceptors (Lipinski definition) is 2. The molecule has 25 heavy (non-hydrogen) atoms. The maximum Gasteiger partial charge on any atom is 0.450 e. The summed E-state index contributed by atoms with van der Waals surface area (Å²) in [5, 5.41) is 0.764. The van der Waals surface area contributed by atoms with E-state index < -0.39 is 12.0 Å². The molecule has 0 aliphatic heterocycles. The minimum atomic E-state index is -4.61. The van der Waals surface area contributed by atoms with Crippen molar-refractivity contribution < 1.29 is 17.9 Å². The average Bonchev–Trinajstić information content (AvgIpc) is 2.90. The summed E-state index contributed by atoms with van der Waals surface area (Å²) in [7, 11) is 1.47. The highest BCUT2D eigenvalue weighted by atomic mass is 127. The second-order valence-electron chi connectivity index (χ2n) is 5.43. The minimum Gasteiger partial charge on any atom is -0.496 e. The molecule has 130 valence electrons. The fraction of sp³-hybridized carbons (Fsp3) is 0.167. The van der Waals surface area contributed by atoms with Gasteiger partial charge in [-0.1, -0.05) is 24.3 Å². The normalized spacial score (nSPS) is 12.6. The summed E-state index contributed by atoms with van der Waals surface area (Å²) in [6.07, 6.45) is -3.15. The van der Waals surface area contributed by atoms with Crippen molar-refractivity contribution in [2.45, 2.75) is 13.1 Å². The highest BCUT2D eigenvalue weighted by molar-refractivity contribution is 14.1. The van der Waals surface area contributed by atoms with E-state index in [9.17, 15) is 13.2 Å². The van der Waals surface area contributed by atoms with Crippen LogP contribution < -0.4 is 4.74 Å². The van der Waals surface area contributed by atoms with Crippen molar-refractivity contribution in [3.63, 3.8) is 0 Å². The van der Waals surface area contributed by atoms with E-state index in [-0.39, 0.29) is 5.69 Å². The molecule has 7 heteroatoms. The molecule has 0 spiro atoms. The van der Waals surface area contributed by atoms with Crippen LogP contribution in [0.4, 0.5) is 18.9 Å². The first-order valence-corrected chi connectivity index (χ1v) is 8.46. The number of methoxy groups -OCH3 is 1. The Morgan fingerprint density at radius 3 is 2.52 bits per heavy atom. The summed E-state index contributed by atoms with van der Waals surface area (Å²) in [5.41, 5.74) is 1.43. The summed E-state index contributed by atoms with van der Waals surface area (Å²) < 4.78 is 48.1. The lowest BCUT2D eigenvalue weighted by atomic mass is 10.2. The molecule has 0 atom stereocenters. The van der Waals surface area contributed by atoms with Crippen molar-refractivity contribution in [1.82, 2.24) is 4.57 Å². The van der Waals surface area contributed by atoms with E-state index in [2.05, 4.69) is 4.99 Å². The summed E-state index contributed by atoms with van der Waals surface area (Å²) in [6.45, 7) is 1.78. The van der Waals surface area contributed by atoms with Crippen LogP contribution in [-0.2, 0) is 0 Å². The Kier molecular flexibility index (Phi) is 4.77. The molecule has 3 nitrogen and oxygen atoms in total. The van der Waals surface area contributed by atoms with E-state index >= 15 is 0 Å². The van der Waals surface area contributed by atoms with E-state index in [1.165, 1.54) is 19.4 Å². The van der Waals surface area contributed by atoms with Gasteiger partial charge in [-0.25, -0.2) is 4.99 Å². The lowest BCUT2D eigenvalue weighted by Gasteiger charge is -2.14. The molecule has 0 amide bonds. The quantitative estimate of drug-likeness (QED) is 0.275. The van der Waals surface area contributed by atoms with Gasteiger partial charge >= 0.3 is 6.18 Å². The zero-order valence-corrected chi connectivity index (χ0v) is 15.6. The van der Waals surface area contributed by atoms with Gasteiger partial charge in [-0.15, -0.1) is 0 Å². The van der Waals surface area contributed by atoms with Crippen LogP contribution in [0.5, 0.6) is 5.75 Å². The van der Waals surface area contributed by atoms with Gasteiger partial charge in [0, 0.05) is 11.6 Å². The van der Waals surface area contributed by atoms with E-state index in [1.807, 2.05) is 22.6 Å². The number of halogens is 4. The maximum absolute atomic E-state index is 13.8. The van der Waals surface area contributed by atoms with Crippen LogP contribution in [0.25, 0.3) is 10.9 Å². The van der Waals surface area contributed by atoms with Gasteiger partial charge in [-0.2, -0.15) is 13.2 Å². The number of aliphatic imine (C=N–C) groups is 1. The average molecular weight is 458 g/mol. The molecule has 0 unspecified atom stereocenters. The first-order chi connectivity index (χ1) is 11.8. The van der Waals surface area contributed by atoms with Gasteiger partial charge in [0.1, 0.15) is 5.75 Å². The molecule has 1 heterocycles. The van der Waals surface area contributed by atoms with Gasteiger partial charge in [0.05, 0.1) is 21.9 Å². The summed E-state index contributed by atoms with van der Waals surface area (Å²) >= 11 is 1.94. The van der Waals surface area contributed by atoms with Crippen molar-refractivity contribution >= 4 is 45.0 Å². The second-order valence-corrected chi connectivity index (χ2v) is 6.50. The zero-order chi connectivity index (χ0) is 18.2. The SMILES string of the molecule is COc1cccc(N=C(n2cc(C)c3ccccc32)C(F)(F)F)c1I. The minimum absolute atomic E-state index is 0.211. The Labute approximate surface area is 156 Å². The Morgan fingerprint density at radius 2 is 1.84 bits per heavy atom. The second kappa shape index (κ2) is 6.70. The van der Waals surface area contributed by atoms with Crippen LogP contribution in [0.3, 0.4) is 0 Å². The number of aryl methyl sites for hydroxylation is 1. The van der Waals surface area contributed by atoms with Crippen LogP contribution in [0.1, 0.15) is 5.56 Å². The van der Waals surface area contributed by atoms with E-state index in [1.54, 1.807) is 43.3 Å². The van der Waals surface area contributed by atoms with E-state index in [0.717, 1.165) is 15.5 Å². The van der Waals surface area contributed by atoms with E-state index in [4.69, 9.17) is 4.74 Å². The van der Waals surface area contributed by atoms with Crippen molar-refractivity contribution in [2.24, 2.45) is 4.99 Å². The predicted octanol–water partition coefficient (Wildman–Crippen LogP) is 5.70. The van der Waals surface area contributed by atoms with Gasteiger partial charge in [-0.05, 0) is 53.3 Å². The molecule has 3 rings (SSSR count). The summed E-state index contributed by atoms with van der Waals surface area (Å²) in [6, 6.07) is 11.8. The smallest absolute Gasteiger partial charge is 0.450 e. The number of benzene rings is 2. The van der Waals surface area contributed by atoms with Crippen molar-refractivity contribution in [1.29, 1.82) is 0 Å². The Morgan fingerprint density at radius 1 is 1.12 bits per heavy atom. The summed E-state index contributed by atoms with van der Waals surface area (Å²) in [4.78, 5) is 3.94. The third kappa shape index (κ3) is 3.37. The van der Waals surface area contributed by atoms with Gasteiger partial charge in [-0.3, -0.25) is 4.57 Å². The fourth-order valence-corrected chi connectivity index (χ4v) is 3.34. The van der Waals surface area contributed by atoms with Gasteiger partial charge in [0.25, 0.3) is 0 Å². The Hall–Kier alpha value is -2.03. The van der Waals surface area contributed by atoms with Crippen LogP contribution >= 0.6 is 22.6 Å². The Bertz CT molecular complexity index is 961. The number of para-hydroxylation sites is 1. The summed E-state index contributed by atoms with van der Waals surface area (Å²) in [5.74, 6) is -0.500. The van der Waals surface area contributed by atoms with Crippen molar-refractivity contribution in [3.05, 3.63) is 57.8 Å². The number of nitrogens with zero attached hydrogens (tertiary/aromatic N) is 2. The monoisotopic (exact) mass is 458 g/mol.